The van der Waals surface area contributed by atoms with Gasteiger partial charge in [-0.3, -0.25) is 0 Å². The minimum Gasteiger partial charge on any atom is -0.370 e. The normalized spacial score (nSPS) is 20.4. The molecule has 0 bridgehead atoms. The number of halogens is 1. The summed E-state index contributed by atoms with van der Waals surface area (Å²) in [6, 6.07) is 16.9. The number of nitrogens with zero attached hydrogens (tertiary/aromatic N) is 3. The third kappa shape index (κ3) is 3.92. The highest BCUT2D eigenvalue weighted by molar-refractivity contribution is 14.0. The van der Waals surface area contributed by atoms with Gasteiger partial charge in [0.1, 0.15) is 0 Å². The molecule has 144 valence electrons. The van der Waals surface area contributed by atoms with E-state index >= 15 is 0 Å². The van der Waals surface area contributed by atoms with Crippen LogP contribution in [0.4, 0.5) is 5.69 Å². The van der Waals surface area contributed by atoms with Crippen molar-refractivity contribution in [1.29, 1.82) is 0 Å². The van der Waals surface area contributed by atoms with Gasteiger partial charge in [-0.2, -0.15) is 5.10 Å². The molecule has 1 fully saturated rings. The second-order valence-corrected chi connectivity index (χ2v) is 7.44. The number of nitrogens with two attached hydrogens (primary N) is 1. The number of guanidine groups is 1. The maximum absolute atomic E-state index is 6.15. The van der Waals surface area contributed by atoms with Gasteiger partial charge in [-0.15, -0.1) is 24.0 Å². The third-order valence-electron chi connectivity index (χ3n) is 5.48. The molecule has 2 atom stereocenters. The number of aliphatic imine (C=N–C) groups is 1. The number of hydrogen-bond acceptors (Lipinski definition) is 2. The van der Waals surface area contributed by atoms with Gasteiger partial charge in [0.25, 0.3) is 0 Å². The van der Waals surface area contributed by atoms with Crippen LogP contribution in [0.5, 0.6) is 0 Å². The fourth-order valence-electron chi connectivity index (χ4n) is 3.94. The zero-order valence-corrected chi connectivity index (χ0v) is 17.9. The van der Waals surface area contributed by atoms with Gasteiger partial charge in [0, 0.05) is 17.8 Å². The van der Waals surface area contributed by atoms with Crippen molar-refractivity contribution in [3.05, 3.63) is 77.6 Å². The molecule has 1 heterocycles. The lowest BCUT2D eigenvalue weighted by molar-refractivity contribution is 0.879. The lowest BCUT2D eigenvalue weighted by Crippen LogP contribution is -2.23. The number of para-hydroxylation sites is 1. The van der Waals surface area contributed by atoms with Crippen LogP contribution in [-0.2, 0) is 12.8 Å². The van der Waals surface area contributed by atoms with E-state index < -0.39 is 0 Å². The van der Waals surface area contributed by atoms with E-state index in [2.05, 4.69) is 51.9 Å². The molecular formula is C22H24IN5. The summed E-state index contributed by atoms with van der Waals surface area (Å²) in [5, 5.41) is 7.74. The lowest BCUT2D eigenvalue weighted by Gasteiger charge is -2.07. The van der Waals surface area contributed by atoms with Crippen molar-refractivity contribution in [2.45, 2.75) is 37.6 Å². The molecule has 3 N–H and O–H groups in total. The molecule has 2 aliphatic carbocycles. The largest absolute Gasteiger partial charge is 0.370 e. The lowest BCUT2D eigenvalue weighted by atomic mass is 10.1. The van der Waals surface area contributed by atoms with E-state index in [1.54, 1.807) is 0 Å². The van der Waals surface area contributed by atoms with E-state index in [-0.39, 0.29) is 30.0 Å². The van der Waals surface area contributed by atoms with Gasteiger partial charge in [-0.05, 0) is 66.6 Å². The fraction of sp³-hybridized carbons (Fsp3) is 0.273. The molecule has 6 heteroatoms. The first kappa shape index (κ1) is 19.0. The average molecular weight is 485 g/mol. The Morgan fingerprint density at radius 2 is 1.93 bits per heavy atom. The standard InChI is InChI=1S/C22H23N5.HI/c23-22(25-18-10-9-15-5-4-6-16(15)11-18)26-21-12-20(21)17-13-24-27(14-17)19-7-2-1-3-8-19;/h1-3,7-11,13-14,20-21H,4-6,12H2,(H3,23,25,26);1H/t20-,21+;/m0./s1. The second-order valence-electron chi connectivity index (χ2n) is 7.44. The third-order valence-corrected chi connectivity index (χ3v) is 5.48. The van der Waals surface area contributed by atoms with Crippen molar-refractivity contribution in [2.75, 3.05) is 5.32 Å². The molecule has 5 rings (SSSR count). The molecule has 28 heavy (non-hydrogen) atoms. The van der Waals surface area contributed by atoms with E-state index in [0.717, 1.165) is 24.2 Å². The van der Waals surface area contributed by atoms with Crippen LogP contribution < -0.4 is 11.1 Å². The molecule has 2 aromatic carbocycles. The highest BCUT2D eigenvalue weighted by atomic mass is 127. The van der Waals surface area contributed by atoms with Crippen LogP contribution >= 0.6 is 24.0 Å². The predicted octanol–water partition coefficient (Wildman–Crippen LogP) is 4.26. The highest BCUT2D eigenvalue weighted by Gasteiger charge is 2.39. The van der Waals surface area contributed by atoms with Crippen molar-refractivity contribution in [2.24, 2.45) is 10.7 Å². The van der Waals surface area contributed by atoms with E-state index in [1.807, 2.05) is 29.1 Å². The Morgan fingerprint density at radius 3 is 2.79 bits per heavy atom. The predicted molar refractivity (Wildman–Crippen MR) is 124 cm³/mol. The molecular weight excluding hydrogens is 461 g/mol. The number of aromatic nitrogens is 2. The molecule has 1 saturated carbocycles. The first-order valence-corrected chi connectivity index (χ1v) is 9.58. The van der Waals surface area contributed by atoms with Crippen LogP contribution in [0.1, 0.15) is 35.4 Å². The Labute approximate surface area is 182 Å². The Morgan fingerprint density at radius 1 is 1.11 bits per heavy atom. The monoisotopic (exact) mass is 485 g/mol. The van der Waals surface area contributed by atoms with Gasteiger partial charge in [-0.25, -0.2) is 9.67 Å². The number of fused-ring (bicyclic) bond motifs is 1. The van der Waals surface area contributed by atoms with E-state index in [1.165, 1.54) is 29.5 Å². The summed E-state index contributed by atoms with van der Waals surface area (Å²) < 4.78 is 1.92. The van der Waals surface area contributed by atoms with E-state index in [4.69, 9.17) is 5.73 Å². The Kier molecular flexibility index (Phi) is 5.39. The van der Waals surface area contributed by atoms with Gasteiger partial charge in [-0.1, -0.05) is 24.3 Å². The fourth-order valence-corrected chi connectivity index (χ4v) is 3.94. The summed E-state index contributed by atoms with van der Waals surface area (Å²) in [6.07, 6.45) is 8.67. The van der Waals surface area contributed by atoms with Crippen molar-refractivity contribution in [3.63, 3.8) is 0 Å². The van der Waals surface area contributed by atoms with Crippen molar-refractivity contribution >= 4 is 35.6 Å². The quantitative estimate of drug-likeness (QED) is 0.330. The van der Waals surface area contributed by atoms with Crippen LogP contribution in [0.25, 0.3) is 5.69 Å². The average Bonchev–Trinajstić information content (AvgIpc) is 3.10. The molecule has 5 nitrogen and oxygen atoms in total. The van der Waals surface area contributed by atoms with Crippen LogP contribution in [0.3, 0.4) is 0 Å². The van der Waals surface area contributed by atoms with Gasteiger partial charge in [0.2, 0.25) is 0 Å². The van der Waals surface area contributed by atoms with Crippen molar-refractivity contribution < 1.29 is 0 Å². The summed E-state index contributed by atoms with van der Waals surface area (Å²) in [6.45, 7) is 0. The van der Waals surface area contributed by atoms with Gasteiger partial charge < -0.3 is 11.1 Å². The summed E-state index contributed by atoms with van der Waals surface area (Å²) in [4.78, 5) is 4.66. The number of hydrogen-bond donors (Lipinski definition) is 2. The van der Waals surface area contributed by atoms with Crippen LogP contribution in [0.2, 0.25) is 0 Å². The van der Waals surface area contributed by atoms with Crippen LogP contribution in [0, 0.1) is 0 Å². The molecule has 0 aliphatic heterocycles. The minimum atomic E-state index is 0. The van der Waals surface area contributed by atoms with Crippen molar-refractivity contribution in [3.8, 4) is 5.69 Å². The van der Waals surface area contributed by atoms with E-state index in [0.29, 0.717) is 11.9 Å². The molecule has 1 aromatic heterocycles. The van der Waals surface area contributed by atoms with Gasteiger partial charge >= 0.3 is 0 Å². The Balaban J connectivity index is 0.00000192. The highest BCUT2D eigenvalue weighted by Crippen LogP contribution is 2.43. The first-order valence-electron chi connectivity index (χ1n) is 9.58. The summed E-state index contributed by atoms with van der Waals surface area (Å²) in [5.41, 5.74) is 12.4. The zero-order chi connectivity index (χ0) is 18.2. The number of anilines is 1. The molecule has 2 aliphatic rings. The Bertz CT molecular complexity index is 995. The van der Waals surface area contributed by atoms with Crippen LogP contribution in [-0.4, -0.2) is 21.8 Å². The number of aryl methyl sites for hydroxylation is 2. The number of benzene rings is 2. The molecule has 0 saturated heterocycles. The molecule has 0 radical (unpaired) electrons. The first-order chi connectivity index (χ1) is 13.3. The second kappa shape index (κ2) is 7.95. The maximum atomic E-state index is 6.15. The molecule has 0 spiro atoms. The molecule has 0 unspecified atom stereocenters. The van der Waals surface area contributed by atoms with Crippen molar-refractivity contribution in [1.82, 2.24) is 9.78 Å². The maximum Gasteiger partial charge on any atom is 0.193 e. The zero-order valence-electron chi connectivity index (χ0n) is 15.6. The number of nitrogens with one attached hydrogen (secondary N) is 1. The number of rotatable bonds is 4. The van der Waals surface area contributed by atoms with Crippen LogP contribution in [0.15, 0.2) is 65.9 Å². The smallest absolute Gasteiger partial charge is 0.193 e. The molecule has 0 amide bonds. The molecule has 3 aromatic rings. The summed E-state index contributed by atoms with van der Waals surface area (Å²) >= 11 is 0. The van der Waals surface area contributed by atoms with Gasteiger partial charge in [0.15, 0.2) is 5.96 Å². The Hall–Kier alpha value is -2.35. The van der Waals surface area contributed by atoms with E-state index in [9.17, 15) is 0 Å². The summed E-state index contributed by atoms with van der Waals surface area (Å²) in [5.74, 6) is 0.902. The van der Waals surface area contributed by atoms with Gasteiger partial charge in [0.05, 0.1) is 17.9 Å². The minimum absolute atomic E-state index is 0. The SMILES string of the molecule is I.NC(=N[C@@H]1C[C@H]1c1cnn(-c2ccccc2)c1)Nc1ccc2c(c1)CCC2. The topological polar surface area (TPSA) is 68.2 Å². The summed E-state index contributed by atoms with van der Waals surface area (Å²) in [7, 11) is 0.